The number of carbonyl (C=O) groups excluding carboxylic acids is 2. The van der Waals surface area contributed by atoms with Crippen molar-refractivity contribution in [3.8, 4) is 5.69 Å². The zero-order valence-electron chi connectivity index (χ0n) is 16.2. The lowest BCUT2D eigenvalue weighted by atomic mass is 9.84. The Kier molecular flexibility index (Phi) is 4.20. The number of aromatic nitrogens is 2. The topological polar surface area (TPSA) is 64.0 Å². The van der Waals surface area contributed by atoms with E-state index in [1.807, 2.05) is 36.4 Å². The minimum atomic E-state index is -0.651. The molecular weight excluding hydrogens is 381 g/mol. The first kappa shape index (κ1) is 18.2. The van der Waals surface area contributed by atoms with E-state index in [-0.39, 0.29) is 18.1 Å². The molecule has 5 nitrogen and oxygen atoms in total. The number of nitrogens with zero attached hydrogens (tertiary/aromatic N) is 2. The van der Waals surface area contributed by atoms with E-state index in [1.54, 1.807) is 25.1 Å². The molecule has 5 rings (SSSR count). The predicted octanol–water partition coefficient (Wildman–Crippen LogP) is 4.78. The van der Waals surface area contributed by atoms with Crippen molar-refractivity contribution in [3.05, 3.63) is 89.4 Å². The number of hydrogen-bond acceptors (Lipinski definition) is 3. The molecule has 0 unspecified atom stereocenters. The fourth-order valence-corrected chi connectivity index (χ4v) is 4.19. The number of fused-ring (bicyclic) bond motifs is 2. The standard InChI is InChI=1S/C24H18FN3O2/c1-14-22-20(23(30)19-11-4-7-15-6-2-3-10-18(15)19)13-21(29)26-24(22)28(27-14)17-9-5-8-16(25)12-17/h2-12,20H,13H2,1H3,(H,26,29)/t20-/m0/s1. The summed E-state index contributed by atoms with van der Waals surface area (Å²) in [5.41, 5.74) is 2.37. The van der Waals surface area contributed by atoms with Gasteiger partial charge in [0.05, 0.1) is 17.3 Å². The van der Waals surface area contributed by atoms with Crippen LogP contribution in [0.3, 0.4) is 0 Å². The molecule has 0 bridgehead atoms. The van der Waals surface area contributed by atoms with E-state index in [9.17, 15) is 14.0 Å². The monoisotopic (exact) mass is 399 g/mol. The van der Waals surface area contributed by atoms with Crippen LogP contribution in [0.2, 0.25) is 0 Å². The summed E-state index contributed by atoms with van der Waals surface area (Å²) < 4.78 is 15.3. The Labute approximate surface area is 172 Å². The molecule has 1 amide bonds. The SMILES string of the molecule is Cc1nn(-c2cccc(F)c2)c2c1[C@@H](C(=O)c1cccc3ccccc13)CC(=O)N2. The summed E-state index contributed by atoms with van der Waals surface area (Å²) in [6.45, 7) is 1.80. The number of anilines is 1. The third-order valence-corrected chi connectivity index (χ3v) is 5.53. The molecule has 4 aromatic rings. The summed E-state index contributed by atoms with van der Waals surface area (Å²) in [4.78, 5) is 26.1. The average Bonchev–Trinajstić information content (AvgIpc) is 3.08. The van der Waals surface area contributed by atoms with Crippen molar-refractivity contribution in [1.29, 1.82) is 0 Å². The van der Waals surface area contributed by atoms with Gasteiger partial charge in [-0.15, -0.1) is 0 Å². The van der Waals surface area contributed by atoms with Crippen molar-refractivity contribution in [3.63, 3.8) is 0 Å². The van der Waals surface area contributed by atoms with Crippen LogP contribution >= 0.6 is 0 Å². The van der Waals surface area contributed by atoms with Gasteiger partial charge in [-0.3, -0.25) is 9.59 Å². The summed E-state index contributed by atoms with van der Waals surface area (Å²) >= 11 is 0. The van der Waals surface area contributed by atoms with Gasteiger partial charge in [-0.25, -0.2) is 9.07 Å². The molecule has 1 N–H and O–H groups in total. The van der Waals surface area contributed by atoms with E-state index < -0.39 is 11.7 Å². The Morgan fingerprint density at radius 1 is 1.10 bits per heavy atom. The number of rotatable bonds is 3. The van der Waals surface area contributed by atoms with Crippen molar-refractivity contribution < 1.29 is 14.0 Å². The summed E-state index contributed by atoms with van der Waals surface area (Å²) in [5, 5.41) is 9.16. The second-order valence-corrected chi connectivity index (χ2v) is 7.44. The molecule has 0 aliphatic carbocycles. The Bertz CT molecular complexity index is 1320. The number of hydrogen-bond donors (Lipinski definition) is 1. The molecule has 0 spiro atoms. The number of Topliss-reactive ketones (excluding diaryl/α,β-unsaturated/α-hetero) is 1. The zero-order valence-corrected chi connectivity index (χ0v) is 16.2. The van der Waals surface area contributed by atoms with Gasteiger partial charge in [0.1, 0.15) is 11.6 Å². The maximum absolute atomic E-state index is 13.8. The van der Waals surface area contributed by atoms with E-state index in [2.05, 4.69) is 10.4 Å². The number of aryl methyl sites for hydroxylation is 1. The first-order chi connectivity index (χ1) is 14.5. The van der Waals surface area contributed by atoms with E-state index in [4.69, 9.17) is 0 Å². The molecule has 148 valence electrons. The zero-order chi connectivity index (χ0) is 20.8. The average molecular weight is 399 g/mol. The van der Waals surface area contributed by atoms with Crippen molar-refractivity contribution in [2.24, 2.45) is 0 Å². The molecule has 3 aromatic carbocycles. The molecule has 1 aromatic heterocycles. The summed E-state index contributed by atoms with van der Waals surface area (Å²) in [7, 11) is 0. The van der Waals surface area contributed by atoms with E-state index in [0.29, 0.717) is 28.3 Å². The van der Waals surface area contributed by atoms with Crippen molar-refractivity contribution in [1.82, 2.24) is 9.78 Å². The van der Waals surface area contributed by atoms with Gasteiger partial charge in [-0.05, 0) is 35.9 Å². The van der Waals surface area contributed by atoms with Gasteiger partial charge < -0.3 is 5.32 Å². The molecule has 0 saturated carbocycles. The second kappa shape index (κ2) is 6.91. The third-order valence-electron chi connectivity index (χ3n) is 5.53. The van der Waals surface area contributed by atoms with Gasteiger partial charge in [0.2, 0.25) is 5.91 Å². The number of benzene rings is 3. The smallest absolute Gasteiger partial charge is 0.226 e. The van der Waals surface area contributed by atoms with Crippen LogP contribution in [0.1, 0.15) is 34.0 Å². The largest absolute Gasteiger partial charge is 0.310 e. The fourth-order valence-electron chi connectivity index (χ4n) is 4.19. The Hall–Kier alpha value is -3.80. The maximum atomic E-state index is 13.8. The molecule has 2 heterocycles. The van der Waals surface area contributed by atoms with Crippen LogP contribution < -0.4 is 5.32 Å². The van der Waals surface area contributed by atoms with Crippen molar-refractivity contribution >= 4 is 28.3 Å². The lowest BCUT2D eigenvalue weighted by Crippen LogP contribution is -2.28. The Balaban J connectivity index is 1.66. The molecule has 1 aliphatic heterocycles. The maximum Gasteiger partial charge on any atom is 0.226 e. The highest BCUT2D eigenvalue weighted by Crippen LogP contribution is 2.39. The van der Waals surface area contributed by atoms with Crippen LogP contribution in [0, 0.1) is 12.7 Å². The molecule has 1 atom stereocenters. The minimum Gasteiger partial charge on any atom is -0.310 e. The van der Waals surface area contributed by atoms with E-state index in [1.165, 1.54) is 16.8 Å². The van der Waals surface area contributed by atoms with Gasteiger partial charge in [0.25, 0.3) is 0 Å². The van der Waals surface area contributed by atoms with Crippen LogP contribution in [0.4, 0.5) is 10.2 Å². The lowest BCUT2D eigenvalue weighted by Gasteiger charge is -2.23. The molecule has 30 heavy (non-hydrogen) atoms. The summed E-state index contributed by atoms with van der Waals surface area (Å²) in [6, 6.07) is 19.3. The molecule has 0 fully saturated rings. The highest BCUT2D eigenvalue weighted by Gasteiger charge is 2.36. The first-order valence-corrected chi connectivity index (χ1v) is 9.70. The lowest BCUT2D eigenvalue weighted by molar-refractivity contribution is -0.116. The number of ketones is 1. The first-order valence-electron chi connectivity index (χ1n) is 9.70. The van der Waals surface area contributed by atoms with Gasteiger partial charge >= 0.3 is 0 Å². The number of amides is 1. The van der Waals surface area contributed by atoms with Crippen molar-refractivity contribution in [2.75, 3.05) is 5.32 Å². The molecule has 6 heteroatoms. The van der Waals surface area contributed by atoms with Gasteiger partial charge in [-0.2, -0.15) is 5.10 Å². The highest BCUT2D eigenvalue weighted by atomic mass is 19.1. The Morgan fingerprint density at radius 2 is 1.87 bits per heavy atom. The van der Waals surface area contributed by atoms with Crippen LogP contribution in [-0.2, 0) is 4.79 Å². The Morgan fingerprint density at radius 3 is 2.70 bits per heavy atom. The van der Waals surface area contributed by atoms with Gasteiger partial charge in [0.15, 0.2) is 5.78 Å². The fraction of sp³-hybridized carbons (Fsp3) is 0.125. The van der Waals surface area contributed by atoms with Crippen LogP contribution in [0.5, 0.6) is 0 Å². The van der Waals surface area contributed by atoms with Crippen LogP contribution in [0.15, 0.2) is 66.7 Å². The molecule has 0 saturated heterocycles. The van der Waals surface area contributed by atoms with E-state index in [0.717, 1.165) is 10.8 Å². The normalized spacial score (nSPS) is 15.7. The highest BCUT2D eigenvalue weighted by molar-refractivity contribution is 6.14. The summed E-state index contributed by atoms with van der Waals surface area (Å²) in [5.74, 6) is -1.02. The van der Waals surface area contributed by atoms with Gasteiger partial charge in [0, 0.05) is 17.5 Å². The summed E-state index contributed by atoms with van der Waals surface area (Å²) in [6.07, 6.45) is 0.0464. The third kappa shape index (κ3) is 2.88. The number of nitrogens with one attached hydrogen (secondary N) is 1. The quantitative estimate of drug-likeness (QED) is 0.504. The van der Waals surface area contributed by atoms with Gasteiger partial charge in [-0.1, -0.05) is 48.5 Å². The number of carbonyl (C=O) groups is 2. The van der Waals surface area contributed by atoms with Crippen LogP contribution in [0.25, 0.3) is 16.5 Å². The molecule has 1 aliphatic rings. The number of halogens is 1. The van der Waals surface area contributed by atoms with Crippen LogP contribution in [-0.4, -0.2) is 21.5 Å². The minimum absolute atomic E-state index is 0.0464. The molecule has 0 radical (unpaired) electrons. The molecular formula is C24H18FN3O2. The second-order valence-electron chi connectivity index (χ2n) is 7.44. The predicted molar refractivity (Wildman–Crippen MR) is 113 cm³/mol. The van der Waals surface area contributed by atoms with Crippen molar-refractivity contribution in [2.45, 2.75) is 19.3 Å². The van der Waals surface area contributed by atoms with E-state index >= 15 is 0 Å².